The molecular formula is C23H26N4O. The smallest absolute Gasteiger partial charge is 0.316 e. The first-order chi connectivity index (χ1) is 13.5. The lowest BCUT2D eigenvalue weighted by Crippen LogP contribution is -2.34. The van der Waals surface area contributed by atoms with E-state index in [2.05, 4.69) is 35.2 Å². The van der Waals surface area contributed by atoms with Gasteiger partial charge < -0.3 is 10.2 Å². The monoisotopic (exact) mass is 374 g/mol. The van der Waals surface area contributed by atoms with Gasteiger partial charge in [-0.1, -0.05) is 44.2 Å². The molecule has 0 saturated carbocycles. The van der Waals surface area contributed by atoms with Gasteiger partial charge in [-0.25, -0.2) is 4.79 Å². The zero-order valence-corrected chi connectivity index (χ0v) is 16.6. The van der Waals surface area contributed by atoms with E-state index in [1.165, 1.54) is 0 Å². The van der Waals surface area contributed by atoms with E-state index in [1.54, 1.807) is 29.7 Å². The number of nitrogens with one attached hydrogen (secondary N) is 1. The Morgan fingerprint density at radius 3 is 2.07 bits per heavy atom. The van der Waals surface area contributed by atoms with Crippen LogP contribution >= 0.6 is 0 Å². The predicted molar refractivity (Wildman–Crippen MR) is 112 cm³/mol. The summed E-state index contributed by atoms with van der Waals surface area (Å²) in [7, 11) is 0. The van der Waals surface area contributed by atoms with Crippen molar-refractivity contribution in [3.05, 3.63) is 89.5 Å². The second-order valence-electron chi connectivity index (χ2n) is 7.20. The molecule has 2 heterocycles. The molecule has 0 bridgehead atoms. The summed E-state index contributed by atoms with van der Waals surface area (Å²) in [5.74, 6) is 0.320. The summed E-state index contributed by atoms with van der Waals surface area (Å²) in [6.45, 7) is 7.23. The minimum Gasteiger partial charge on any atom is -0.316 e. The van der Waals surface area contributed by atoms with Crippen molar-refractivity contribution in [3.8, 4) is 0 Å². The molecule has 3 aromatic rings. The maximum atomic E-state index is 13.2. The molecule has 1 aromatic carbocycles. The minimum absolute atomic E-state index is 0.135. The fourth-order valence-electron chi connectivity index (χ4n) is 3.15. The van der Waals surface area contributed by atoms with Crippen LogP contribution in [0.2, 0.25) is 0 Å². The average molecular weight is 374 g/mol. The second-order valence-corrected chi connectivity index (χ2v) is 7.20. The van der Waals surface area contributed by atoms with Gasteiger partial charge in [0.25, 0.3) is 0 Å². The highest BCUT2D eigenvalue weighted by atomic mass is 16.2. The number of anilines is 1. The Morgan fingerprint density at radius 2 is 1.57 bits per heavy atom. The molecule has 0 spiro atoms. The van der Waals surface area contributed by atoms with E-state index < -0.39 is 0 Å². The lowest BCUT2D eigenvalue weighted by Gasteiger charge is -2.25. The predicted octanol–water partition coefficient (Wildman–Crippen LogP) is 5.14. The van der Waals surface area contributed by atoms with Gasteiger partial charge in [-0.05, 0) is 47.2 Å². The molecule has 0 saturated heterocycles. The number of hydrogen-bond acceptors (Lipinski definition) is 3. The summed E-state index contributed by atoms with van der Waals surface area (Å²) in [6, 6.07) is 13.7. The maximum absolute atomic E-state index is 13.2. The van der Waals surface area contributed by atoms with Crippen LogP contribution in [0, 0.1) is 6.92 Å². The van der Waals surface area contributed by atoms with E-state index in [4.69, 9.17) is 0 Å². The summed E-state index contributed by atoms with van der Waals surface area (Å²) in [5, 5.41) is 3.15. The Morgan fingerprint density at radius 1 is 0.964 bits per heavy atom. The molecule has 3 rings (SSSR count). The van der Waals surface area contributed by atoms with Crippen molar-refractivity contribution >= 4 is 11.7 Å². The summed E-state index contributed by atoms with van der Waals surface area (Å²) < 4.78 is 0. The van der Waals surface area contributed by atoms with Crippen LogP contribution < -0.4 is 5.32 Å². The number of nitrogens with zero attached hydrogens (tertiary/aromatic N) is 3. The second kappa shape index (κ2) is 9.13. The number of aryl methyl sites for hydroxylation is 1. The fraction of sp³-hybridized carbons (Fsp3) is 0.261. The number of hydrogen-bond donors (Lipinski definition) is 1. The van der Waals surface area contributed by atoms with E-state index in [-0.39, 0.29) is 6.03 Å². The topological polar surface area (TPSA) is 58.1 Å². The van der Waals surface area contributed by atoms with E-state index >= 15 is 0 Å². The molecule has 0 unspecified atom stereocenters. The number of benzene rings is 1. The fourth-order valence-corrected chi connectivity index (χ4v) is 3.15. The van der Waals surface area contributed by atoms with Crippen LogP contribution in [0.3, 0.4) is 0 Å². The molecule has 0 fully saturated rings. The van der Waals surface area contributed by atoms with Crippen molar-refractivity contribution in [2.24, 2.45) is 0 Å². The van der Waals surface area contributed by atoms with Crippen molar-refractivity contribution < 1.29 is 4.79 Å². The number of amides is 2. The van der Waals surface area contributed by atoms with Crippen LogP contribution in [0.25, 0.3) is 0 Å². The number of rotatable bonds is 6. The molecule has 28 heavy (non-hydrogen) atoms. The third-order valence-electron chi connectivity index (χ3n) is 4.64. The molecular weight excluding hydrogens is 348 g/mol. The van der Waals surface area contributed by atoms with Gasteiger partial charge in [0.15, 0.2) is 0 Å². The highest BCUT2D eigenvalue weighted by Crippen LogP contribution is 2.28. The van der Waals surface area contributed by atoms with Crippen LogP contribution in [0.15, 0.2) is 67.3 Å². The van der Waals surface area contributed by atoms with E-state index in [0.717, 1.165) is 27.9 Å². The first-order valence-electron chi connectivity index (χ1n) is 9.48. The number of carbonyl (C=O) groups is 1. The molecule has 0 aliphatic rings. The van der Waals surface area contributed by atoms with Crippen molar-refractivity contribution in [1.82, 2.24) is 14.9 Å². The highest BCUT2D eigenvalue weighted by molar-refractivity contribution is 5.91. The van der Waals surface area contributed by atoms with Crippen molar-refractivity contribution in [1.29, 1.82) is 0 Å². The number of urea groups is 1. The van der Waals surface area contributed by atoms with Gasteiger partial charge >= 0.3 is 6.03 Å². The molecule has 0 aliphatic heterocycles. The van der Waals surface area contributed by atoms with Gasteiger partial charge in [-0.15, -0.1) is 0 Å². The molecule has 2 aromatic heterocycles. The van der Waals surface area contributed by atoms with E-state index in [9.17, 15) is 4.79 Å². The molecule has 1 N–H and O–H groups in total. The van der Waals surface area contributed by atoms with Crippen molar-refractivity contribution in [2.45, 2.75) is 39.8 Å². The lowest BCUT2D eigenvalue weighted by atomic mass is 9.98. The third-order valence-corrected chi connectivity index (χ3v) is 4.64. The largest absolute Gasteiger partial charge is 0.322 e. The number of aromatic nitrogens is 2. The SMILES string of the molecule is Cc1cccc(C(C)C)c1NC(=O)N(Cc1cccnc1)Cc1cccnc1. The average Bonchev–Trinajstić information content (AvgIpc) is 2.70. The molecule has 0 atom stereocenters. The van der Waals surface area contributed by atoms with Gasteiger partial charge in [0, 0.05) is 43.6 Å². The molecule has 144 valence electrons. The van der Waals surface area contributed by atoms with Gasteiger partial charge in [0.2, 0.25) is 0 Å². The van der Waals surface area contributed by atoms with Gasteiger partial charge in [-0.2, -0.15) is 0 Å². The molecule has 0 radical (unpaired) electrons. The highest BCUT2D eigenvalue weighted by Gasteiger charge is 2.18. The van der Waals surface area contributed by atoms with Gasteiger partial charge in [-0.3, -0.25) is 9.97 Å². The number of carbonyl (C=O) groups excluding carboxylic acids is 1. The zero-order valence-electron chi connectivity index (χ0n) is 16.6. The van der Waals surface area contributed by atoms with E-state index in [0.29, 0.717) is 19.0 Å². The van der Waals surface area contributed by atoms with Crippen LogP contribution in [-0.2, 0) is 13.1 Å². The third kappa shape index (κ3) is 4.94. The first-order valence-corrected chi connectivity index (χ1v) is 9.48. The Labute approximate surface area is 166 Å². The molecule has 5 heteroatoms. The van der Waals surface area contributed by atoms with Crippen LogP contribution in [0.4, 0.5) is 10.5 Å². The first kappa shape index (κ1) is 19.5. The van der Waals surface area contributed by atoms with E-state index in [1.807, 2.05) is 43.3 Å². The Kier molecular flexibility index (Phi) is 6.37. The lowest BCUT2D eigenvalue weighted by molar-refractivity contribution is 0.206. The van der Waals surface area contributed by atoms with Gasteiger partial charge in [0.1, 0.15) is 0 Å². The van der Waals surface area contributed by atoms with Gasteiger partial charge in [0.05, 0.1) is 0 Å². The van der Waals surface area contributed by atoms with Crippen LogP contribution in [-0.4, -0.2) is 20.9 Å². The Bertz CT molecular complexity index is 869. The summed E-state index contributed by atoms with van der Waals surface area (Å²) >= 11 is 0. The molecule has 0 aliphatic carbocycles. The normalized spacial score (nSPS) is 10.7. The Hall–Kier alpha value is -3.21. The molecule has 2 amide bonds. The van der Waals surface area contributed by atoms with Crippen molar-refractivity contribution in [3.63, 3.8) is 0 Å². The quantitative estimate of drug-likeness (QED) is 0.650. The molecule has 5 nitrogen and oxygen atoms in total. The maximum Gasteiger partial charge on any atom is 0.322 e. The van der Waals surface area contributed by atoms with Crippen molar-refractivity contribution in [2.75, 3.05) is 5.32 Å². The minimum atomic E-state index is -0.135. The number of para-hydroxylation sites is 1. The van der Waals surface area contributed by atoms with Crippen LogP contribution in [0.1, 0.15) is 42.0 Å². The summed E-state index contributed by atoms with van der Waals surface area (Å²) in [4.78, 5) is 23.3. The van der Waals surface area contributed by atoms with Crippen LogP contribution in [0.5, 0.6) is 0 Å². The Balaban J connectivity index is 1.86. The summed E-state index contributed by atoms with van der Waals surface area (Å²) in [5.41, 5.74) is 5.05. The zero-order chi connectivity index (χ0) is 19.9. The standard InChI is InChI=1S/C23H26N4O/c1-17(2)21-10-4-7-18(3)22(21)26-23(28)27(15-19-8-5-11-24-13-19)16-20-9-6-12-25-14-20/h4-14,17H,15-16H2,1-3H3,(H,26,28). The summed E-state index contributed by atoms with van der Waals surface area (Å²) in [6.07, 6.45) is 7.04. The number of pyridine rings is 2.